The number of anilines is 1. The van der Waals surface area contributed by atoms with Crippen molar-refractivity contribution in [2.75, 3.05) is 5.32 Å². The number of aryl methyl sites for hydroxylation is 1. The Kier molecular flexibility index (Phi) is 5.51. The minimum atomic E-state index is -0.498. The van der Waals surface area contributed by atoms with E-state index in [9.17, 15) is 14.7 Å². The lowest BCUT2D eigenvalue weighted by Gasteiger charge is -2.05. The Hall–Kier alpha value is -4.17. The molecule has 5 rings (SSSR count). The lowest BCUT2D eigenvalue weighted by molar-refractivity contribution is 0.101. The van der Waals surface area contributed by atoms with Gasteiger partial charge in [-0.1, -0.05) is 40.2 Å². The number of phenols is 1. The Morgan fingerprint density at radius 2 is 1.79 bits per heavy atom. The number of aromatic amines is 1. The van der Waals surface area contributed by atoms with Crippen LogP contribution < -0.4 is 5.32 Å². The molecule has 0 unspecified atom stereocenters. The second-order valence-electron chi connectivity index (χ2n) is 7.73. The van der Waals surface area contributed by atoms with Crippen LogP contribution in [0, 0.1) is 6.92 Å². The molecule has 0 spiro atoms. The van der Waals surface area contributed by atoms with E-state index in [4.69, 9.17) is 4.42 Å². The summed E-state index contributed by atoms with van der Waals surface area (Å²) in [5.74, 6) is -0.714. The number of hydrogen-bond donors (Lipinski definition) is 3. The molecule has 0 atom stereocenters. The molecule has 0 aliphatic heterocycles. The third-order valence-electron chi connectivity index (χ3n) is 5.48. The number of nitrogens with zero attached hydrogens (tertiary/aromatic N) is 1. The first-order valence-corrected chi connectivity index (χ1v) is 11.2. The average molecular weight is 516 g/mol. The molecule has 8 heteroatoms. The standard InChI is InChI=1S/C26H18BrN3O4/c1-14-5-4-7-17(23(14)31)19-13-20(30-29-19)26(33)28-22-18-6-2-3-8-21(18)34-25(22)24(32)15-9-11-16(27)12-10-15/h2-13,31H,1H3,(H,28,33)(H,29,30). The van der Waals surface area contributed by atoms with Crippen molar-refractivity contribution in [1.29, 1.82) is 0 Å². The van der Waals surface area contributed by atoms with Crippen LogP contribution in [0.3, 0.4) is 0 Å². The molecule has 0 saturated heterocycles. The minimum Gasteiger partial charge on any atom is -0.507 e. The highest BCUT2D eigenvalue weighted by molar-refractivity contribution is 9.10. The number of rotatable bonds is 5. The van der Waals surface area contributed by atoms with Crippen molar-refractivity contribution < 1.29 is 19.1 Å². The second-order valence-corrected chi connectivity index (χ2v) is 8.65. The number of carbonyl (C=O) groups excluding carboxylic acids is 2. The monoisotopic (exact) mass is 515 g/mol. The van der Waals surface area contributed by atoms with Gasteiger partial charge in [0.25, 0.3) is 5.91 Å². The first kappa shape index (κ1) is 21.7. The second kappa shape index (κ2) is 8.64. The maximum Gasteiger partial charge on any atom is 0.273 e. The van der Waals surface area contributed by atoms with Gasteiger partial charge in [-0.25, -0.2) is 0 Å². The zero-order valence-electron chi connectivity index (χ0n) is 17.9. The van der Waals surface area contributed by atoms with Gasteiger partial charge in [0, 0.05) is 21.0 Å². The van der Waals surface area contributed by atoms with Crippen LogP contribution in [0.2, 0.25) is 0 Å². The molecule has 3 N–H and O–H groups in total. The number of H-pyrrole nitrogens is 1. The molecule has 1 amide bonds. The van der Waals surface area contributed by atoms with Gasteiger partial charge in [-0.2, -0.15) is 5.10 Å². The van der Waals surface area contributed by atoms with Crippen LogP contribution >= 0.6 is 15.9 Å². The summed E-state index contributed by atoms with van der Waals surface area (Å²) in [6.45, 7) is 1.78. The number of fused-ring (bicyclic) bond motifs is 1. The van der Waals surface area contributed by atoms with Gasteiger partial charge in [-0.3, -0.25) is 14.7 Å². The Labute approximate surface area is 202 Å². The highest BCUT2D eigenvalue weighted by Crippen LogP contribution is 2.34. The van der Waals surface area contributed by atoms with E-state index in [2.05, 4.69) is 31.4 Å². The maximum atomic E-state index is 13.2. The Morgan fingerprint density at radius 1 is 1.03 bits per heavy atom. The molecule has 2 heterocycles. The van der Waals surface area contributed by atoms with Crippen molar-refractivity contribution in [1.82, 2.24) is 10.2 Å². The van der Waals surface area contributed by atoms with E-state index >= 15 is 0 Å². The number of phenolic OH excluding ortho intramolecular Hbond substituents is 1. The third kappa shape index (κ3) is 3.88. The lowest BCUT2D eigenvalue weighted by Crippen LogP contribution is -2.14. The molecule has 0 bridgehead atoms. The maximum absolute atomic E-state index is 13.2. The summed E-state index contributed by atoms with van der Waals surface area (Å²) in [6.07, 6.45) is 0. The predicted octanol–water partition coefficient (Wildman–Crippen LogP) is 6.08. The van der Waals surface area contributed by atoms with Gasteiger partial charge in [-0.15, -0.1) is 0 Å². The van der Waals surface area contributed by atoms with Crippen molar-refractivity contribution in [2.45, 2.75) is 6.92 Å². The molecule has 5 aromatic rings. The van der Waals surface area contributed by atoms with Gasteiger partial charge < -0.3 is 14.8 Å². The van der Waals surface area contributed by atoms with Gasteiger partial charge in [-0.05, 0) is 61.0 Å². The highest BCUT2D eigenvalue weighted by atomic mass is 79.9. The van der Waals surface area contributed by atoms with Crippen LogP contribution in [0.15, 0.2) is 81.7 Å². The van der Waals surface area contributed by atoms with Gasteiger partial charge >= 0.3 is 0 Å². The van der Waals surface area contributed by atoms with Crippen LogP contribution in [-0.2, 0) is 0 Å². The number of amides is 1. The Morgan fingerprint density at radius 3 is 2.59 bits per heavy atom. The first-order valence-electron chi connectivity index (χ1n) is 10.4. The van der Waals surface area contributed by atoms with Crippen LogP contribution in [0.5, 0.6) is 5.75 Å². The summed E-state index contributed by atoms with van der Waals surface area (Å²) in [5.41, 5.74) is 2.99. The largest absolute Gasteiger partial charge is 0.507 e. The van der Waals surface area contributed by atoms with Gasteiger partial charge in [0.2, 0.25) is 5.78 Å². The fraction of sp³-hybridized carbons (Fsp3) is 0.0385. The van der Waals surface area contributed by atoms with Crippen LogP contribution in [-0.4, -0.2) is 27.0 Å². The van der Waals surface area contributed by atoms with Crippen LogP contribution in [0.1, 0.15) is 32.2 Å². The number of aromatic nitrogens is 2. The lowest BCUT2D eigenvalue weighted by atomic mass is 10.1. The number of aromatic hydroxyl groups is 1. The summed E-state index contributed by atoms with van der Waals surface area (Å²) < 4.78 is 6.70. The predicted molar refractivity (Wildman–Crippen MR) is 132 cm³/mol. The number of carbonyl (C=O) groups is 2. The normalized spacial score (nSPS) is 11.0. The van der Waals surface area contributed by atoms with E-state index in [-0.39, 0.29) is 28.7 Å². The SMILES string of the molecule is Cc1cccc(-c2cc(C(=O)Nc3c(C(=O)c4ccc(Br)cc4)oc4ccccc34)[nH]n2)c1O. The number of hydrogen-bond acceptors (Lipinski definition) is 5. The molecule has 0 radical (unpaired) electrons. The van der Waals surface area contributed by atoms with Gasteiger partial charge in [0.15, 0.2) is 5.76 Å². The fourth-order valence-electron chi connectivity index (χ4n) is 3.68. The number of ketones is 1. The molecule has 0 fully saturated rings. The van der Waals surface area contributed by atoms with Crippen molar-refractivity contribution in [3.05, 3.63) is 99.9 Å². The van der Waals surface area contributed by atoms with Crippen molar-refractivity contribution in [3.63, 3.8) is 0 Å². The van der Waals surface area contributed by atoms with Crippen LogP contribution in [0.25, 0.3) is 22.2 Å². The average Bonchev–Trinajstić information content (AvgIpc) is 3.47. The summed E-state index contributed by atoms with van der Waals surface area (Å²) >= 11 is 3.36. The molecule has 0 saturated carbocycles. The number of halogens is 1. The smallest absolute Gasteiger partial charge is 0.273 e. The molecular formula is C26H18BrN3O4. The van der Waals surface area contributed by atoms with Crippen molar-refractivity contribution >= 4 is 44.3 Å². The highest BCUT2D eigenvalue weighted by Gasteiger charge is 2.24. The summed E-state index contributed by atoms with van der Waals surface area (Å²) in [6, 6.07) is 20.8. The molecular weight excluding hydrogens is 498 g/mol. The topological polar surface area (TPSA) is 108 Å². The van der Waals surface area contributed by atoms with Crippen LogP contribution in [0.4, 0.5) is 5.69 Å². The quantitative estimate of drug-likeness (QED) is 0.245. The third-order valence-corrected chi connectivity index (χ3v) is 6.01. The summed E-state index contributed by atoms with van der Waals surface area (Å²) in [5, 5.41) is 20.6. The number of benzene rings is 3. The van der Waals surface area contributed by atoms with Crippen molar-refractivity contribution in [2.24, 2.45) is 0 Å². The molecule has 2 aromatic heterocycles. The minimum absolute atomic E-state index is 0.0351. The summed E-state index contributed by atoms with van der Waals surface area (Å²) in [4.78, 5) is 26.3. The first-order chi connectivity index (χ1) is 16.4. The van der Waals surface area contributed by atoms with E-state index < -0.39 is 5.91 Å². The van der Waals surface area contributed by atoms with E-state index in [0.717, 1.165) is 4.47 Å². The zero-order valence-corrected chi connectivity index (χ0v) is 19.5. The Bertz CT molecular complexity index is 1550. The molecule has 0 aliphatic carbocycles. The Balaban J connectivity index is 1.50. The molecule has 3 aromatic carbocycles. The fourth-order valence-corrected chi connectivity index (χ4v) is 3.95. The van der Waals surface area contributed by atoms with Crippen molar-refractivity contribution in [3.8, 4) is 17.0 Å². The number of para-hydroxylation sites is 2. The van der Waals surface area contributed by atoms with E-state index in [1.165, 1.54) is 0 Å². The van der Waals surface area contributed by atoms with E-state index in [1.807, 2.05) is 0 Å². The van der Waals surface area contributed by atoms with Gasteiger partial charge in [0.1, 0.15) is 17.0 Å². The molecule has 0 aliphatic rings. The molecule has 34 heavy (non-hydrogen) atoms. The molecule has 7 nitrogen and oxygen atoms in total. The van der Waals surface area contributed by atoms with E-state index in [0.29, 0.717) is 33.4 Å². The number of furan rings is 1. The van der Waals surface area contributed by atoms with Gasteiger partial charge in [0.05, 0.1) is 11.4 Å². The zero-order chi connectivity index (χ0) is 23.8. The number of nitrogens with one attached hydrogen (secondary N) is 2. The van der Waals surface area contributed by atoms with E-state index in [1.54, 1.807) is 79.7 Å². The molecule has 168 valence electrons. The summed E-state index contributed by atoms with van der Waals surface area (Å²) in [7, 11) is 0.